The predicted molar refractivity (Wildman–Crippen MR) is 140 cm³/mol. The fraction of sp³-hybridized carbons (Fsp3) is 0.964. The van der Waals surface area contributed by atoms with Crippen molar-refractivity contribution in [2.45, 2.75) is 160 Å². The Balaban J connectivity index is 3.36. The molecule has 0 spiro atoms. The van der Waals surface area contributed by atoms with Crippen LogP contribution < -0.4 is 0 Å². The first-order chi connectivity index (χ1) is 17.4. The molecule has 7 heteroatoms. The third-order valence-corrected chi connectivity index (χ3v) is 6.62. The summed E-state index contributed by atoms with van der Waals surface area (Å²) < 4.78 is 12.0. The molecule has 4 atom stereocenters. The van der Waals surface area contributed by atoms with E-state index in [4.69, 9.17) is 11.2 Å². The summed E-state index contributed by atoms with van der Waals surface area (Å²) in [7, 11) is 0. The van der Waals surface area contributed by atoms with Crippen molar-refractivity contribution in [3.05, 3.63) is 0 Å². The monoisotopic (exact) mass is 505 g/mol. The van der Waals surface area contributed by atoms with Crippen molar-refractivity contribution in [3.63, 3.8) is 0 Å². The zero-order chi connectivity index (χ0) is 26.9. The molecule has 0 bridgehead atoms. The molecule has 0 aliphatic carbocycles. The normalized spacial score (nSPS) is 15.4. The maximum atomic E-state index is 11.7. The number of hydrogen-bond donors (Lipinski definition) is 5. The number of esters is 1. The van der Waals surface area contributed by atoms with Crippen molar-refractivity contribution in [2.24, 2.45) is 0 Å². The fourth-order valence-corrected chi connectivity index (χ4v) is 4.19. The second-order valence-corrected chi connectivity index (χ2v) is 9.95. The Morgan fingerprint density at radius 2 is 1.00 bits per heavy atom. The van der Waals surface area contributed by atoms with Crippen LogP contribution in [-0.2, 0) is 9.53 Å². The largest absolute Gasteiger partial charge is 0.463 e. The minimum atomic E-state index is -1.72. The van der Waals surface area contributed by atoms with Crippen LogP contribution in [0.1, 0.15) is 137 Å². The molecule has 0 rings (SSSR count). The average molecular weight is 506 g/mol. The highest BCUT2D eigenvalue weighted by Crippen LogP contribution is 2.15. The number of carbonyl (C=O) groups excluding carboxylic acids is 1. The molecule has 0 radical (unpaired) electrons. The van der Waals surface area contributed by atoms with Gasteiger partial charge in [0.1, 0.15) is 31.0 Å². The summed E-state index contributed by atoms with van der Waals surface area (Å²) in [6.07, 6.45) is 17.3. The highest BCUT2D eigenvalue weighted by molar-refractivity contribution is 5.69. The minimum absolute atomic E-state index is 0.247. The first kappa shape index (κ1) is 32.3. The Morgan fingerprint density at radius 3 is 1.40 bits per heavy atom. The van der Waals surface area contributed by atoms with Gasteiger partial charge in [0.05, 0.1) is 6.61 Å². The second-order valence-electron chi connectivity index (χ2n) is 9.95. The van der Waals surface area contributed by atoms with Crippen molar-refractivity contribution in [1.29, 1.82) is 0 Å². The van der Waals surface area contributed by atoms with Crippen molar-refractivity contribution in [1.82, 2.24) is 0 Å². The summed E-state index contributed by atoms with van der Waals surface area (Å²) in [5, 5.41) is 47.0. The summed E-state index contributed by atoms with van der Waals surface area (Å²) in [4.78, 5) is 11.7. The Labute approximate surface area is 215 Å². The molecule has 0 saturated carbocycles. The quantitative estimate of drug-likeness (QED) is 0.0845. The van der Waals surface area contributed by atoms with Crippen molar-refractivity contribution in [3.8, 4) is 0 Å². The maximum absolute atomic E-state index is 11.7. The molecule has 0 aliphatic rings. The minimum Gasteiger partial charge on any atom is -0.463 e. The molecule has 0 aliphatic heterocycles. The van der Waals surface area contributed by atoms with Gasteiger partial charge in [-0.05, 0) is 6.42 Å². The topological polar surface area (TPSA) is 127 Å². The molecule has 35 heavy (non-hydrogen) atoms. The zero-order valence-corrected chi connectivity index (χ0v) is 22.1. The lowest BCUT2D eigenvalue weighted by molar-refractivity contribution is -0.156. The molecule has 210 valence electrons. The van der Waals surface area contributed by atoms with Gasteiger partial charge in [-0.15, -0.1) is 0 Å². The van der Waals surface area contributed by atoms with E-state index in [0.717, 1.165) is 25.7 Å². The highest BCUT2D eigenvalue weighted by Gasteiger charge is 2.30. The van der Waals surface area contributed by atoms with Gasteiger partial charge in [-0.1, -0.05) is 122 Å². The standard InChI is InChI=1S/C28H56O7/c1-2-3-4-5-6-7-8-9-10-11-12-13-14-15-16-17-18-19-20-21-26(32)35-23-25(31)28(34)27(33)24(30)22-29/h24-25,27-31,33-34H,2-23H2,1H3/t24-,25+,27+,28+/m0/s1/i1D. The summed E-state index contributed by atoms with van der Waals surface area (Å²) in [5.41, 5.74) is 0. The predicted octanol–water partition coefficient (Wildman–Crippen LogP) is 4.79. The van der Waals surface area contributed by atoms with E-state index in [0.29, 0.717) is 6.90 Å². The van der Waals surface area contributed by atoms with E-state index in [1.54, 1.807) is 0 Å². The Kier molecular flexibility index (Phi) is 23.0. The number of hydrogen-bond acceptors (Lipinski definition) is 7. The van der Waals surface area contributed by atoms with Gasteiger partial charge in [-0.3, -0.25) is 4.79 Å². The smallest absolute Gasteiger partial charge is 0.305 e. The van der Waals surface area contributed by atoms with Gasteiger partial charge in [0.15, 0.2) is 0 Å². The molecule has 0 aromatic heterocycles. The molecular formula is C28H56O7. The van der Waals surface area contributed by atoms with Gasteiger partial charge in [-0.2, -0.15) is 0 Å². The lowest BCUT2D eigenvalue weighted by Gasteiger charge is -2.25. The van der Waals surface area contributed by atoms with Crippen LogP contribution in [0.3, 0.4) is 0 Å². The van der Waals surface area contributed by atoms with Crippen LogP contribution in [0.2, 0.25) is 0 Å². The molecule has 0 fully saturated rings. The van der Waals surface area contributed by atoms with E-state index in [-0.39, 0.29) is 6.42 Å². The van der Waals surface area contributed by atoms with Crippen LogP contribution in [0.4, 0.5) is 0 Å². The van der Waals surface area contributed by atoms with Gasteiger partial charge >= 0.3 is 5.97 Å². The average Bonchev–Trinajstić information content (AvgIpc) is 2.89. The van der Waals surface area contributed by atoms with E-state index >= 15 is 0 Å². The van der Waals surface area contributed by atoms with E-state index in [1.165, 1.54) is 96.3 Å². The number of rotatable bonds is 26. The van der Waals surface area contributed by atoms with Crippen molar-refractivity contribution in [2.75, 3.05) is 13.2 Å². The molecule has 0 unspecified atom stereocenters. The van der Waals surface area contributed by atoms with Crippen molar-refractivity contribution >= 4 is 5.97 Å². The fourth-order valence-electron chi connectivity index (χ4n) is 4.19. The summed E-state index contributed by atoms with van der Waals surface area (Å²) in [5.74, 6) is -0.463. The Hall–Kier alpha value is -0.730. The van der Waals surface area contributed by atoms with Crippen LogP contribution >= 0.6 is 0 Å². The van der Waals surface area contributed by atoms with Crippen LogP contribution in [0.25, 0.3) is 0 Å². The molecule has 0 aromatic carbocycles. The summed E-state index contributed by atoms with van der Waals surface area (Å²) in [6, 6.07) is 0. The molecular weight excluding hydrogens is 448 g/mol. The highest BCUT2D eigenvalue weighted by atomic mass is 16.5. The third-order valence-electron chi connectivity index (χ3n) is 6.62. The molecule has 0 saturated heterocycles. The Bertz CT molecular complexity index is 481. The molecule has 0 heterocycles. The third kappa shape index (κ3) is 21.1. The van der Waals surface area contributed by atoms with Crippen molar-refractivity contribution < 1.29 is 36.4 Å². The number of aliphatic hydroxyl groups excluding tert-OH is 5. The van der Waals surface area contributed by atoms with E-state index in [1.807, 2.05) is 0 Å². The summed E-state index contributed by atoms with van der Waals surface area (Å²) in [6.45, 7) is -0.635. The first-order valence-electron chi connectivity index (χ1n) is 14.9. The van der Waals surface area contributed by atoms with E-state index in [9.17, 15) is 25.2 Å². The molecule has 0 amide bonds. The SMILES string of the molecule is [2H]CCCCCCCCCCCCCCCCCCCCCC(=O)OC[C@@H](O)[C@@H](O)[C@H](O)[C@@H](O)CO. The van der Waals surface area contributed by atoms with Crippen LogP contribution in [0.15, 0.2) is 0 Å². The van der Waals surface area contributed by atoms with E-state index in [2.05, 4.69) is 0 Å². The maximum Gasteiger partial charge on any atom is 0.305 e. The number of unbranched alkanes of at least 4 members (excludes halogenated alkanes) is 18. The number of carbonyl (C=O) groups is 1. The van der Waals surface area contributed by atoms with Gasteiger partial charge in [-0.25, -0.2) is 0 Å². The Morgan fingerprint density at radius 1 is 0.629 bits per heavy atom. The molecule has 7 nitrogen and oxygen atoms in total. The lowest BCUT2D eigenvalue weighted by Crippen LogP contribution is -2.47. The number of aliphatic hydroxyl groups is 5. The van der Waals surface area contributed by atoms with Gasteiger partial charge < -0.3 is 30.3 Å². The van der Waals surface area contributed by atoms with E-state index < -0.39 is 43.6 Å². The van der Waals surface area contributed by atoms with Crippen LogP contribution in [-0.4, -0.2) is 69.1 Å². The second kappa shape index (κ2) is 24.9. The van der Waals surface area contributed by atoms with Crippen LogP contribution in [0.5, 0.6) is 0 Å². The lowest BCUT2D eigenvalue weighted by atomic mass is 10.0. The molecule has 0 aromatic rings. The summed E-state index contributed by atoms with van der Waals surface area (Å²) >= 11 is 0. The first-order valence-corrected chi connectivity index (χ1v) is 14.2. The van der Waals surface area contributed by atoms with Gasteiger partial charge in [0.2, 0.25) is 0 Å². The zero-order valence-electron chi connectivity index (χ0n) is 23.1. The van der Waals surface area contributed by atoms with Crippen LogP contribution in [0, 0.1) is 0 Å². The van der Waals surface area contributed by atoms with Gasteiger partial charge in [0, 0.05) is 7.79 Å². The van der Waals surface area contributed by atoms with Gasteiger partial charge in [0.25, 0.3) is 0 Å². The molecule has 5 N–H and O–H groups in total. The number of ether oxygens (including phenoxy) is 1.